The zero-order valence-corrected chi connectivity index (χ0v) is 11.8. The van der Waals surface area contributed by atoms with Gasteiger partial charge >= 0.3 is 0 Å². The predicted octanol–water partition coefficient (Wildman–Crippen LogP) is 1.31. The monoisotopic (exact) mass is 283 g/mol. The molecule has 0 spiro atoms. The summed E-state index contributed by atoms with van der Waals surface area (Å²) < 4.78 is 1.43. The number of benzene rings is 1. The van der Waals surface area contributed by atoms with Gasteiger partial charge in [-0.15, -0.1) is 14.8 Å². The number of hydrogen-bond donors (Lipinski definition) is 1. The molecule has 0 fully saturated rings. The van der Waals surface area contributed by atoms with Gasteiger partial charge in [0.1, 0.15) is 0 Å². The lowest BCUT2D eigenvalue weighted by Gasteiger charge is -2.23. The second kappa shape index (κ2) is 5.84. The molecular weight excluding hydrogens is 266 g/mol. The predicted molar refractivity (Wildman–Crippen MR) is 80.4 cm³/mol. The molecule has 0 radical (unpaired) electrons. The van der Waals surface area contributed by atoms with Gasteiger partial charge in [-0.3, -0.25) is 0 Å². The first-order chi connectivity index (χ1) is 10.3. The topological polar surface area (TPSA) is 85.2 Å². The van der Waals surface area contributed by atoms with E-state index in [2.05, 4.69) is 56.7 Å². The van der Waals surface area contributed by atoms with Gasteiger partial charge < -0.3 is 10.6 Å². The van der Waals surface area contributed by atoms with E-state index in [9.17, 15) is 0 Å². The Kier molecular flexibility index (Phi) is 3.74. The van der Waals surface area contributed by atoms with Gasteiger partial charge in [0, 0.05) is 12.2 Å². The van der Waals surface area contributed by atoms with Crippen molar-refractivity contribution in [2.75, 3.05) is 18.0 Å². The van der Waals surface area contributed by atoms with Crippen LogP contribution in [-0.4, -0.2) is 38.3 Å². The minimum atomic E-state index is 0.626. The summed E-state index contributed by atoms with van der Waals surface area (Å²) in [7, 11) is 0. The Morgan fingerprint density at radius 2 is 1.95 bits per heavy atom. The third kappa shape index (κ3) is 2.82. The summed E-state index contributed by atoms with van der Waals surface area (Å²) in [5.74, 6) is 0.798. The average Bonchev–Trinajstić information content (AvgIpc) is 2.97. The van der Waals surface area contributed by atoms with Crippen LogP contribution >= 0.6 is 0 Å². The van der Waals surface area contributed by atoms with Crippen LogP contribution in [0.15, 0.2) is 36.4 Å². The molecule has 108 valence electrons. The zero-order chi connectivity index (χ0) is 14.7. The van der Waals surface area contributed by atoms with Crippen LogP contribution in [0.4, 0.5) is 11.5 Å². The lowest BCUT2D eigenvalue weighted by atomic mass is 10.2. The highest BCUT2D eigenvalue weighted by molar-refractivity contribution is 5.60. The highest BCUT2D eigenvalue weighted by Crippen LogP contribution is 2.24. The summed E-state index contributed by atoms with van der Waals surface area (Å²) >= 11 is 0. The molecule has 0 bridgehead atoms. The van der Waals surface area contributed by atoms with Gasteiger partial charge in [0.15, 0.2) is 11.5 Å². The first-order valence-electron chi connectivity index (χ1n) is 6.87. The molecule has 3 aromatic rings. The van der Waals surface area contributed by atoms with Crippen LogP contribution in [0, 0.1) is 6.92 Å². The second-order valence-electron chi connectivity index (χ2n) is 4.85. The first kappa shape index (κ1) is 13.4. The number of aryl methyl sites for hydroxylation is 1. The first-order valence-corrected chi connectivity index (χ1v) is 6.87. The van der Waals surface area contributed by atoms with Gasteiger partial charge in [0.05, 0.1) is 0 Å². The van der Waals surface area contributed by atoms with E-state index >= 15 is 0 Å². The largest absolute Gasteiger partial charge is 0.330 e. The van der Waals surface area contributed by atoms with E-state index in [1.165, 1.54) is 10.2 Å². The normalized spacial score (nSPS) is 11.0. The fourth-order valence-electron chi connectivity index (χ4n) is 2.13. The standard InChI is InChI=1S/C14H17N7/c1-11-3-5-12(6-4-11)20(10-2-9-15)14-8-7-13-16-18-19-21(13)17-14/h3-8H,2,9-10,15H2,1H3. The Morgan fingerprint density at radius 1 is 1.14 bits per heavy atom. The number of fused-ring (bicyclic) bond motifs is 1. The smallest absolute Gasteiger partial charge is 0.200 e. The van der Waals surface area contributed by atoms with Gasteiger partial charge in [-0.2, -0.15) is 0 Å². The van der Waals surface area contributed by atoms with Crippen LogP contribution in [0.25, 0.3) is 5.65 Å². The maximum Gasteiger partial charge on any atom is 0.200 e. The Balaban J connectivity index is 1.99. The molecule has 7 heteroatoms. The second-order valence-corrected chi connectivity index (χ2v) is 4.85. The zero-order valence-electron chi connectivity index (χ0n) is 11.8. The third-order valence-electron chi connectivity index (χ3n) is 3.26. The van der Waals surface area contributed by atoms with E-state index in [-0.39, 0.29) is 0 Å². The Labute approximate surface area is 122 Å². The van der Waals surface area contributed by atoms with Crippen molar-refractivity contribution in [2.24, 2.45) is 5.73 Å². The van der Waals surface area contributed by atoms with Crippen molar-refractivity contribution >= 4 is 17.2 Å². The Morgan fingerprint density at radius 3 is 2.71 bits per heavy atom. The molecule has 3 rings (SSSR count). The molecule has 2 N–H and O–H groups in total. The SMILES string of the molecule is Cc1ccc(N(CCCN)c2ccc3nnnn3n2)cc1. The summed E-state index contributed by atoms with van der Waals surface area (Å²) in [5.41, 5.74) is 8.57. The van der Waals surface area contributed by atoms with Crippen molar-refractivity contribution in [1.82, 2.24) is 25.3 Å². The number of rotatable bonds is 5. The van der Waals surface area contributed by atoms with Crippen LogP contribution in [0.5, 0.6) is 0 Å². The van der Waals surface area contributed by atoms with E-state index < -0.39 is 0 Å². The van der Waals surface area contributed by atoms with Crippen LogP contribution in [0.1, 0.15) is 12.0 Å². The molecule has 0 unspecified atom stereocenters. The summed E-state index contributed by atoms with van der Waals surface area (Å²) in [4.78, 5) is 2.12. The lowest BCUT2D eigenvalue weighted by molar-refractivity contribution is 0.719. The van der Waals surface area contributed by atoms with E-state index in [1.54, 1.807) is 0 Å². The fourth-order valence-corrected chi connectivity index (χ4v) is 2.13. The molecule has 0 aliphatic rings. The van der Waals surface area contributed by atoms with Crippen molar-refractivity contribution in [3.8, 4) is 0 Å². The molecule has 0 aliphatic carbocycles. The van der Waals surface area contributed by atoms with Gasteiger partial charge in [0.25, 0.3) is 0 Å². The summed E-state index contributed by atoms with van der Waals surface area (Å²) in [6.07, 6.45) is 0.878. The maximum absolute atomic E-state index is 5.65. The minimum absolute atomic E-state index is 0.626. The van der Waals surface area contributed by atoms with E-state index in [0.29, 0.717) is 12.2 Å². The van der Waals surface area contributed by atoms with E-state index in [4.69, 9.17) is 5.73 Å². The number of nitrogens with two attached hydrogens (primary N) is 1. The number of aromatic nitrogens is 5. The molecule has 0 saturated carbocycles. The Bertz CT molecular complexity index is 720. The number of anilines is 2. The number of tetrazole rings is 1. The molecule has 0 saturated heterocycles. The summed E-state index contributed by atoms with van der Waals surface area (Å²) in [5, 5.41) is 15.8. The molecule has 0 aliphatic heterocycles. The number of nitrogens with zero attached hydrogens (tertiary/aromatic N) is 6. The quantitative estimate of drug-likeness (QED) is 0.760. The van der Waals surface area contributed by atoms with Gasteiger partial charge in [-0.25, -0.2) is 0 Å². The molecule has 1 aromatic carbocycles. The molecule has 2 heterocycles. The summed E-state index contributed by atoms with van der Waals surface area (Å²) in [6, 6.07) is 12.1. The van der Waals surface area contributed by atoms with Crippen molar-refractivity contribution in [3.63, 3.8) is 0 Å². The average molecular weight is 283 g/mol. The van der Waals surface area contributed by atoms with E-state index in [1.807, 2.05) is 12.1 Å². The third-order valence-corrected chi connectivity index (χ3v) is 3.26. The molecule has 21 heavy (non-hydrogen) atoms. The molecule has 0 atom stereocenters. The molecule has 2 aromatic heterocycles. The Hall–Kier alpha value is -2.54. The van der Waals surface area contributed by atoms with Gasteiger partial charge in [-0.1, -0.05) is 17.7 Å². The molecular formula is C14H17N7. The van der Waals surface area contributed by atoms with Crippen LogP contribution in [0.2, 0.25) is 0 Å². The van der Waals surface area contributed by atoms with Crippen LogP contribution < -0.4 is 10.6 Å². The van der Waals surface area contributed by atoms with Crippen molar-refractivity contribution in [3.05, 3.63) is 42.0 Å². The lowest BCUT2D eigenvalue weighted by Crippen LogP contribution is -2.22. The summed E-state index contributed by atoms with van der Waals surface area (Å²) in [6.45, 7) is 3.50. The minimum Gasteiger partial charge on any atom is -0.330 e. The van der Waals surface area contributed by atoms with Crippen molar-refractivity contribution < 1.29 is 0 Å². The van der Waals surface area contributed by atoms with Crippen molar-refractivity contribution in [2.45, 2.75) is 13.3 Å². The van der Waals surface area contributed by atoms with E-state index in [0.717, 1.165) is 24.5 Å². The molecule has 0 amide bonds. The highest BCUT2D eigenvalue weighted by Gasteiger charge is 2.12. The fraction of sp³-hybridized carbons (Fsp3) is 0.286. The van der Waals surface area contributed by atoms with Gasteiger partial charge in [-0.05, 0) is 54.6 Å². The van der Waals surface area contributed by atoms with Crippen molar-refractivity contribution in [1.29, 1.82) is 0 Å². The highest BCUT2D eigenvalue weighted by atomic mass is 15.6. The number of hydrogen-bond acceptors (Lipinski definition) is 6. The van der Waals surface area contributed by atoms with Crippen LogP contribution in [-0.2, 0) is 0 Å². The molecule has 7 nitrogen and oxygen atoms in total. The van der Waals surface area contributed by atoms with Gasteiger partial charge in [0.2, 0.25) is 0 Å². The van der Waals surface area contributed by atoms with Crippen LogP contribution in [0.3, 0.4) is 0 Å². The maximum atomic E-state index is 5.65.